The lowest BCUT2D eigenvalue weighted by atomic mass is 10.2. The van der Waals surface area contributed by atoms with Crippen LogP contribution < -0.4 is 15.4 Å². The van der Waals surface area contributed by atoms with Crippen LogP contribution >= 0.6 is 35.3 Å². The number of aryl methyl sites for hydroxylation is 1. The highest BCUT2D eigenvalue weighted by Gasteiger charge is 2.13. The minimum Gasteiger partial charge on any atom is -0.434 e. The zero-order chi connectivity index (χ0) is 18.9. The molecule has 0 saturated heterocycles. The SMILES string of the molecule is CCNC(=NCc1c(F)cccc1OC(F)F)NCCc1ncc(C)s1.I. The first-order valence-corrected chi connectivity index (χ1v) is 8.97. The lowest BCUT2D eigenvalue weighted by Gasteiger charge is -2.13. The van der Waals surface area contributed by atoms with Gasteiger partial charge in [0.05, 0.1) is 17.1 Å². The molecular weight excluding hydrogens is 492 g/mol. The molecule has 0 amide bonds. The minimum atomic E-state index is -3.02. The number of alkyl halides is 2. The second kappa shape index (κ2) is 12.0. The number of guanidine groups is 1. The smallest absolute Gasteiger partial charge is 0.387 e. The van der Waals surface area contributed by atoms with Crippen LogP contribution in [0.3, 0.4) is 0 Å². The standard InChI is InChI=1S/C17H21F3N4OS.HI/c1-3-21-17(22-8-7-15-23-9-11(2)26-15)24-10-12-13(18)5-4-6-14(12)25-16(19)20;/h4-6,9,16H,3,7-8,10H2,1-2H3,(H2,21,22,24);1H. The largest absolute Gasteiger partial charge is 0.434 e. The Balaban J connectivity index is 0.00000364. The molecule has 2 N–H and O–H groups in total. The number of hydrogen-bond acceptors (Lipinski definition) is 4. The van der Waals surface area contributed by atoms with Gasteiger partial charge in [-0.25, -0.2) is 14.4 Å². The molecule has 0 radical (unpaired) electrons. The van der Waals surface area contributed by atoms with E-state index in [9.17, 15) is 13.2 Å². The number of nitrogens with zero attached hydrogens (tertiary/aromatic N) is 2. The van der Waals surface area contributed by atoms with E-state index in [1.165, 1.54) is 18.2 Å². The highest BCUT2D eigenvalue weighted by Crippen LogP contribution is 2.24. The van der Waals surface area contributed by atoms with E-state index in [0.717, 1.165) is 16.3 Å². The Hall–Kier alpha value is -1.56. The van der Waals surface area contributed by atoms with Gasteiger partial charge in [-0.05, 0) is 26.0 Å². The number of benzene rings is 1. The third-order valence-electron chi connectivity index (χ3n) is 3.33. The van der Waals surface area contributed by atoms with Gasteiger partial charge < -0.3 is 15.4 Å². The van der Waals surface area contributed by atoms with Crippen molar-refractivity contribution < 1.29 is 17.9 Å². The third-order valence-corrected chi connectivity index (χ3v) is 4.30. The zero-order valence-electron chi connectivity index (χ0n) is 15.0. The summed E-state index contributed by atoms with van der Waals surface area (Å²) < 4.78 is 43.3. The Morgan fingerprint density at radius 2 is 2.11 bits per heavy atom. The molecule has 27 heavy (non-hydrogen) atoms. The van der Waals surface area contributed by atoms with E-state index in [1.807, 2.05) is 20.0 Å². The topological polar surface area (TPSA) is 58.5 Å². The maximum atomic E-state index is 14.0. The predicted molar refractivity (Wildman–Crippen MR) is 112 cm³/mol. The van der Waals surface area contributed by atoms with Crippen molar-refractivity contribution in [1.82, 2.24) is 15.6 Å². The molecule has 2 aromatic rings. The molecule has 10 heteroatoms. The van der Waals surface area contributed by atoms with Gasteiger partial charge in [-0.3, -0.25) is 0 Å². The predicted octanol–water partition coefficient (Wildman–Crippen LogP) is 4.11. The molecule has 1 heterocycles. The van der Waals surface area contributed by atoms with Crippen molar-refractivity contribution in [3.05, 3.63) is 45.7 Å². The summed E-state index contributed by atoms with van der Waals surface area (Å²) in [6.07, 6.45) is 2.55. The Morgan fingerprint density at radius 3 is 2.74 bits per heavy atom. The first-order valence-electron chi connectivity index (χ1n) is 8.15. The molecule has 2 rings (SSSR count). The number of rotatable bonds is 8. The molecular formula is C17H22F3IN4OS. The molecule has 0 fully saturated rings. The number of ether oxygens (including phenoxy) is 1. The van der Waals surface area contributed by atoms with Gasteiger partial charge in [0.2, 0.25) is 0 Å². The number of aliphatic imine (C=N–C) groups is 1. The summed E-state index contributed by atoms with van der Waals surface area (Å²) in [5.41, 5.74) is -0.0134. The lowest BCUT2D eigenvalue weighted by molar-refractivity contribution is -0.0506. The van der Waals surface area contributed by atoms with Crippen molar-refractivity contribution in [2.75, 3.05) is 13.1 Å². The summed E-state index contributed by atoms with van der Waals surface area (Å²) in [7, 11) is 0. The monoisotopic (exact) mass is 514 g/mol. The normalized spacial score (nSPS) is 11.3. The summed E-state index contributed by atoms with van der Waals surface area (Å²) in [5, 5.41) is 7.16. The molecule has 5 nitrogen and oxygen atoms in total. The van der Waals surface area contributed by atoms with Gasteiger partial charge in [-0.2, -0.15) is 8.78 Å². The van der Waals surface area contributed by atoms with Crippen LogP contribution in [0.25, 0.3) is 0 Å². The minimum absolute atomic E-state index is 0. The average Bonchev–Trinajstić information content (AvgIpc) is 2.99. The molecule has 0 aliphatic heterocycles. The van der Waals surface area contributed by atoms with Gasteiger partial charge in [0.15, 0.2) is 5.96 Å². The van der Waals surface area contributed by atoms with Crippen molar-refractivity contribution in [3.8, 4) is 5.75 Å². The van der Waals surface area contributed by atoms with Crippen LogP contribution in [0.2, 0.25) is 0 Å². The summed E-state index contributed by atoms with van der Waals surface area (Å²) in [4.78, 5) is 9.69. The maximum Gasteiger partial charge on any atom is 0.387 e. The van der Waals surface area contributed by atoms with Crippen molar-refractivity contribution in [3.63, 3.8) is 0 Å². The van der Waals surface area contributed by atoms with Gasteiger partial charge in [0.1, 0.15) is 11.6 Å². The Morgan fingerprint density at radius 1 is 1.33 bits per heavy atom. The van der Waals surface area contributed by atoms with E-state index in [4.69, 9.17) is 0 Å². The molecule has 1 aromatic carbocycles. The number of hydrogen-bond donors (Lipinski definition) is 2. The van der Waals surface area contributed by atoms with Gasteiger partial charge >= 0.3 is 6.61 Å². The molecule has 0 unspecified atom stereocenters. The molecule has 0 aliphatic carbocycles. The van der Waals surface area contributed by atoms with Crippen LogP contribution in [0.4, 0.5) is 13.2 Å². The van der Waals surface area contributed by atoms with Crippen molar-refractivity contribution in [2.45, 2.75) is 33.4 Å². The summed E-state index contributed by atoms with van der Waals surface area (Å²) >= 11 is 1.62. The molecule has 0 aliphatic rings. The highest BCUT2D eigenvalue weighted by atomic mass is 127. The molecule has 1 aromatic heterocycles. The number of thiazole rings is 1. The number of nitrogens with one attached hydrogen (secondary N) is 2. The van der Waals surface area contributed by atoms with Crippen LogP contribution in [-0.4, -0.2) is 30.6 Å². The van der Waals surface area contributed by atoms with E-state index in [-0.39, 0.29) is 41.8 Å². The zero-order valence-corrected chi connectivity index (χ0v) is 18.1. The maximum absolute atomic E-state index is 14.0. The second-order valence-electron chi connectivity index (χ2n) is 5.33. The number of aromatic nitrogens is 1. The van der Waals surface area contributed by atoms with E-state index >= 15 is 0 Å². The summed E-state index contributed by atoms with van der Waals surface area (Å²) in [5.74, 6) is -0.383. The van der Waals surface area contributed by atoms with Crippen LogP contribution in [0.15, 0.2) is 29.4 Å². The quantitative estimate of drug-likeness (QED) is 0.317. The van der Waals surface area contributed by atoms with E-state index in [2.05, 4.69) is 25.3 Å². The summed E-state index contributed by atoms with van der Waals surface area (Å²) in [6.45, 7) is 1.95. The van der Waals surface area contributed by atoms with E-state index < -0.39 is 12.4 Å². The molecule has 0 atom stereocenters. The number of halogens is 4. The molecule has 0 spiro atoms. The van der Waals surface area contributed by atoms with Crippen LogP contribution in [0.1, 0.15) is 22.4 Å². The van der Waals surface area contributed by atoms with Gasteiger partial charge in [0.25, 0.3) is 0 Å². The van der Waals surface area contributed by atoms with Gasteiger partial charge in [-0.15, -0.1) is 35.3 Å². The molecule has 150 valence electrons. The first kappa shape index (κ1) is 23.5. The highest BCUT2D eigenvalue weighted by molar-refractivity contribution is 14.0. The van der Waals surface area contributed by atoms with Crippen LogP contribution in [0, 0.1) is 12.7 Å². The van der Waals surface area contributed by atoms with E-state index in [1.54, 1.807) is 11.3 Å². The molecule has 0 bridgehead atoms. The van der Waals surface area contributed by atoms with Crippen LogP contribution in [-0.2, 0) is 13.0 Å². The van der Waals surface area contributed by atoms with Crippen molar-refractivity contribution >= 4 is 41.3 Å². The Kier molecular flexibility index (Phi) is 10.4. The van der Waals surface area contributed by atoms with E-state index in [0.29, 0.717) is 19.0 Å². The van der Waals surface area contributed by atoms with Crippen LogP contribution in [0.5, 0.6) is 5.75 Å². The average molecular weight is 514 g/mol. The van der Waals surface area contributed by atoms with Gasteiger partial charge in [0, 0.05) is 30.6 Å². The lowest BCUT2D eigenvalue weighted by Crippen LogP contribution is -2.38. The summed E-state index contributed by atoms with van der Waals surface area (Å²) in [6, 6.07) is 3.80. The second-order valence-corrected chi connectivity index (χ2v) is 6.65. The van der Waals surface area contributed by atoms with Crippen molar-refractivity contribution in [2.24, 2.45) is 4.99 Å². The first-order chi connectivity index (χ1) is 12.5. The Bertz CT molecular complexity index is 743. The Labute approximate surface area is 177 Å². The van der Waals surface area contributed by atoms with Crippen molar-refractivity contribution in [1.29, 1.82) is 0 Å². The fraction of sp³-hybridized carbons (Fsp3) is 0.412. The fourth-order valence-corrected chi connectivity index (χ4v) is 2.99. The third kappa shape index (κ3) is 7.91. The fourth-order valence-electron chi connectivity index (χ4n) is 2.20. The van der Waals surface area contributed by atoms with Gasteiger partial charge in [-0.1, -0.05) is 6.07 Å². The molecule has 0 saturated carbocycles.